The van der Waals surface area contributed by atoms with Crippen molar-refractivity contribution in [3.63, 3.8) is 0 Å². The molecule has 0 spiro atoms. The Labute approximate surface area is 109 Å². The van der Waals surface area contributed by atoms with Gasteiger partial charge in [0, 0.05) is 12.1 Å². The van der Waals surface area contributed by atoms with E-state index in [2.05, 4.69) is 27.7 Å². The van der Waals surface area contributed by atoms with E-state index in [9.17, 15) is 0 Å². The van der Waals surface area contributed by atoms with Crippen molar-refractivity contribution in [3.8, 4) is 5.75 Å². The summed E-state index contributed by atoms with van der Waals surface area (Å²) in [6.45, 7) is 10.4. The van der Waals surface area contributed by atoms with Crippen LogP contribution in [0.3, 0.4) is 0 Å². The highest BCUT2D eigenvalue weighted by molar-refractivity contribution is 5.47. The van der Waals surface area contributed by atoms with Crippen LogP contribution in [-0.4, -0.2) is 17.3 Å². The summed E-state index contributed by atoms with van der Waals surface area (Å²) in [5.41, 5.74) is 7.19. The molecule has 1 unspecified atom stereocenters. The first-order valence-electron chi connectivity index (χ1n) is 6.43. The van der Waals surface area contributed by atoms with E-state index >= 15 is 0 Å². The van der Waals surface area contributed by atoms with Crippen molar-refractivity contribution in [1.82, 2.24) is 0 Å². The van der Waals surface area contributed by atoms with E-state index in [1.165, 1.54) is 0 Å². The van der Waals surface area contributed by atoms with Crippen LogP contribution in [0, 0.1) is 6.92 Å². The molecule has 0 bridgehead atoms. The topological polar surface area (TPSA) is 44.5 Å². The third kappa shape index (κ3) is 2.61. The summed E-state index contributed by atoms with van der Waals surface area (Å²) < 4.78 is 12.2. The van der Waals surface area contributed by atoms with Gasteiger partial charge in [-0.1, -0.05) is 0 Å². The summed E-state index contributed by atoms with van der Waals surface area (Å²) >= 11 is 0. The number of anilines is 1. The Hall–Kier alpha value is -1.22. The highest BCUT2D eigenvalue weighted by Gasteiger charge is 2.47. The smallest absolute Gasteiger partial charge is 0.130 e. The lowest BCUT2D eigenvalue weighted by atomic mass is 9.97. The lowest BCUT2D eigenvalue weighted by Gasteiger charge is -2.28. The van der Waals surface area contributed by atoms with Crippen LogP contribution in [0.15, 0.2) is 18.2 Å². The summed E-state index contributed by atoms with van der Waals surface area (Å²) in [7, 11) is 0. The Morgan fingerprint density at radius 3 is 2.44 bits per heavy atom. The molecule has 1 aliphatic rings. The van der Waals surface area contributed by atoms with Crippen molar-refractivity contribution < 1.29 is 9.47 Å². The largest absolute Gasteiger partial charge is 0.487 e. The molecular weight excluding hydrogens is 226 g/mol. The van der Waals surface area contributed by atoms with Crippen LogP contribution in [0.5, 0.6) is 5.75 Å². The molecule has 2 rings (SSSR count). The molecule has 3 nitrogen and oxygen atoms in total. The van der Waals surface area contributed by atoms with Crippen LogP contribution in [0.2, 0.25) is 0 Å². The molecule has 100 valence electrons. The predicted octanol–water partition coefficient (Wildman–Crippen LogP) is 3.30. The number of hydrogen-bond acceptors (Lipinski definition) is 3. The van der Waals surface area contributed by atoms with E-state index in [0.29, 0.717) is 0 Å². The molecule has 1 saturated heterocycles. The minimum Gasteiger partial charge on any atom is -0.487 e. The highest BCUT2D eigenvalue weighted by atomic mass is 16.6. The van der Waals surface area contributed by atoms with Crippen molar-refractivity contribution in [1.29, 1.82) is 0 Å². The van der Waals surface area contributed by atoms with Gasteiger partial charge >= 0.3 is 0 Å². The van der Waals surface area contributed by atoms with Gasteiger partial charge in [0.15, 0.2) is 0 Å². The average Bonchev–Trinajstić information content (AvgIpc) is 2.39. The molecule has 1 aromatic rings. The molecule has 3 heteroatoms. The number of hydrogen-bond donors (Lipinski definition) is 1. The highest BCUT2D eigenvalue weighted by Crippen LogP contribution is 2.40. The van der Waals surface area contributed by atoms with Crippen LogP contribution < -0.4 is 10.5 Å². The molecular formula is C15H23NO2. The van der Waals surface area contributed by atoms with Gasteiger partial charge in [-0.15, -0.1) is 0 Å². The summed E-state index contributed by atoms with van der Waals surface area (Å²) in [5, 5.41) is 0. The molecule has 1 fully saturated rings. The van der Waals surface area contributed by atoms with Crippen molar-refractivity contribution in [2.24, 2.45) is 0 Å². The number of aryl methyl sites for hydroxylation is 1. The van der Waals surface area contributed by atoms with E-state index in [0.717, 1.165) is 23.4 Å². The number of ether oxygens (including phenoxy) is 2. The van der Waals surface area contributed by atoms with Crippen LogP contribution in [0.25, 0.3) is 0 Å². The Morgan fingerprint density at radius 1 is 1.28 bits per heavy atom. The first-order valence-corrected chi connectivity index (χ1v) is 6.43. The van der Waals surface area contributed by atoms with Crippen molar-refractivity contribution in [2.75, 3.05) is 5.73 Å². The van der Waals surface area contributed by atoms with Gasteiger partial charge in [0.25, 0.3) is 0 Å². The summed E-state index contributed by atoms with van der Waals surface area (Å²) in [6, 6.07) is 5.74. The first-order chi connectivity index (χ1) is 8.20. The molecule has 0 radical (unpaired) electrons. The molecule has 0 aliphatic carbocycles. The van der Waals surface area contributed by atoms with Gasteiger partial charge in [0.2, 0.25) is 0 Å². The maximum atomic E-state index is 6.13. The molecule has 0 aromatic heterocycles. The molecule has 0 amide bonds. The molecule has 1 atom stereocenters. The fourth-order valence-corrected chi connectivity index (χ4v) is 2.65. The van der Waals surface area contributed by atoms with Crippen LogP contribution in [-0.2, 0) is 4.74 Å². The SMILES string of the molecule is Cc1cc(N)ccc1OC1CC(C)(C)OC1(C)C. The van der Waals surface area contributed by atoms with Gasteiger partial charge in [-0.2, -0.15) is 0 Å². The molecule has 18 heavy (non-hydrogen) atoms. The van der Waals surface area contributed by atoms with Gasteiger partial charge in [-0.05, 0) is 58.4 Å². The number of nitrogens with two attached hydrogens (primary N) is 1. The zero-order valence-electron chi connectivity index (χ0n) is 11.9. The third-order valence-corrected chi connectivity index (χ3v) is 3.46. The van der Waals surface area contributed by atoms with E-state index < -0.39 is 0 Å². The molecule has 0 saturated carbocycles. The fraction of sp³-hybridized carbons (Fsp3) is 0.600. The second kappa shape index (κ2) is 4.16. The minimum absolute atomic E-state index is 0.0647. The normalized spacial score (nSPS) is 25.1. The quantitative estimate of drug-likeness (QED) is 0.818. The monoisotopic (exact) mass is 249 g/mol. The summed E-state index contributed by atoms with van der Waals surface area (Å²) in [4.78, 5) is 0. The maximum absolute atomic E-state index is 6.13. The summed E-state index contributed by atoms with van der Waals surface area (Å²) in [6.07, 6.45) is 0.957. The van der Waals surface area contributed by atoms with Gasteiger partial charge < -0.3 is 15.2 Å². The van der Waals surface area contributed by atoms with Crippen LogP contribution >= 0.6 is 0 Å². The molecule has 1 heterocycles. The van der Waals surface area contributed by atoms with Crippen molar-refractivity contribution >= 4 is 5.69 Å². The van der Waals surface area contributed by atoms with E-state index in [1.807, 2.05) is 25.1 Å². The maximum Gasteiger partial charge on any atom is 0.130 e. The lowest BCUT2D eigenvalue weighted by Crippen LogP contribution is -2.36. The minimum atomic E-state index is -0.267. The number of benzene rings is 1. The standard InChI is InChI=1S/C15H23NO2/c1-10-8-11(16)6-7-12(10)17-13-9-14(2,3)18-15(13,4)5/h6-8,13H,9,16H2,1-5H3. The molecule has 2 N–H and O–H groups in total. The molecule has 1 aliphatic heterocycles. The lowest BCUT2D eigenvalue weighted by molar-refractivity contribution is -0.0846. The van der Waals surface area contributed by atoms with E-state index in [1.54, 1.807) is 0 Å². The van der Waals surface area contributed by atoms with Crippen molar-refractivity contribution in [3.05, 3.63) is 23.8 Å². The zero-order chi connectivity index (χ0) is 13.6. The zero-order valence-corrected chi connectivity index (χ0v) is 11.9. The van der Waals surface area contributed by atoms with Crippen molar-refractivity contribution in [2.45, 2.75) is 58.3 Å². The second-order valence-electron chi connectivity index (χ2n) is 6.30. The van der Waals surface area contributed by atoms with E-state index in [4.69, 9.17) is 15.2 Å². The fourth-order valence-electron chi connectivity index (χ4n) is 2.65. The van der Waals surface area contributed by atoms with Gasteiger partial charge in [0.1, 0.15) is 17.5 Å². The Bertz CT molecular complexity index is 452. The molecule has 1 aromatic carbocycles. The Balaban J connectivity index is 2.19. The van der Waals surface area contributed by atoms with Gasteiger partial charge in [-0.3, -0.25) is 0 Å². The second-order valence-corrected chi connectivity index (χ2v) is 6.30. The Morgan fingerprint density at radius 2 is 1.94 bits per heavy atom. The van der Waals surface area contributed by atoms with E-state index in [-0.39, 0.29) is 17.3 Å². The van der Waals surface area contributed by atoms with Gasteiger partial charge in [0.05, 0.1) is 5.60 Å². The third-order valence-electron chi connectivity index (χ3n) is 3.46. The summed E-state index contributed by atoms with van der Waals surface area (Å²) in [5.74, 6) is 0.892. The first kappa shape index (κ1) is 13.2. The average molecular weight is 249 g/mol. The Kier molecular flexibility index (Phi) is 3.06. The van der Waals surface area contributed by atoms with Crippen LogP contribution in [0.4, 0.5) is 5.69 Å². The number of nitrogen functional groups attached to an aromatic ring is 1. The van der Waals surface area contributed by atoms with Crippen LogP contribution in [0.1, 0.15) is 39.7 Å². The predicted molar refractivity (Wildman–Crippen MR) is 73.9 cm³/mol. The van der Waals surface area contributed by atoms with Gasteiger partial charge in [-0.25, -0.2) is 0 Å². The number of rotatable bonds is 2.